The molecule has 43 heavy (non-hydrogen) atoms. The Kier molecular flexibility index (Phi) is 7.07. The lowest BCUT2D eigenvalue weighted by atomic mass is 9.98. The van der Waals surface area contributed by atoms with Crippen LogP contribution in [-0.2, 0) is 19.1 Å². The van der Waals surface area contributed by atoms with Crippen molar-refractivity contribution in [3.8, 4) is 11.3 Å². The van der Waals surface area contributed by atoms with Gasteiger partial charge in [-0.3, -0.25) is 14.5 Å². The van der Waals surface area contributed by atoms with E-state index in [2.05, 4.69) is 36.6 Å². The molecule has 4 aliphatic heterocycles. The summed E-state index contributed by atoms with van der Waals surface area (Å²) in [6.45, 7) is 10.6. The Labute approximate surface area is 248 Å². The van der Waals surface area contributed by atoms with Crippen LogP contribution in [0.3, 0.4) is 0 Å². The number of carbonyl (C=O) groups excluding carboxylic acids is 3. The second-order valence-corrected chi connectivity index (χ2v) is 11.4. The van der Waals surface area contributed by atoms with Crippen molar-refractivity contribution in [3.63, 3.8) is 0 Å². The van der Waals surface area contributed by atoms with Gasteiger partial charge in [-0.05, 0) is 30.2 Å². The van der Waals surface area contributed by atoms with E-state index in [1.54, 1.807) is 23.4 Å². The Balaban J connectivity index is 1.05. The second-order valence-electron chi connectivity index (χ2n) is 11.4. The van der Waals surface area contributed by atoms with Crippen molar-refractivity contribution in [2.24, 2.45) is 0 Å². The highest BCUT2D eigenvalue weighted by molar-refractivity contribution is 6.23. The maximum atomic E-state index is 13.7. The number of benzene rings is 1. The Bertz CT molecular complexity index is 1580. The van der Waals surface area contributed by atoms with E-state index in [1.807, 2.05) is 18.2 Å². The van der Waals surface area contributed by atoms with E-state index in [4.69, 9.17) is 9.47 Å². The largest absolute Gasteiger partial charge is 0.379 e. The first kappa shape index (κ1) is 27.5. The lowest BCUT2D eigenvalue weighted by Gasteiger charge is -2.28. The predicted molar refractivity (Wildman–Crippen MR) is 159 cm³/mol. The molecular formula is C30H34N8O5. The van der Waals surface area contributed by atoms with E-state index in [-0.39, 0.29) is 18.4 Å². The van der Waals surface area contributed by atoms with Gasteiger partial charge in [0.05, 0.1) is 44.0 Å². The molecule has 4 aliphatic rings. The number of anilines is 2. The number of rotatable bonds is 6. The third-order valence-electron chi connectivity index (χ3n) is 8.69. The molecule has 4 amide bonds. The molecule has 0 aliphatic carbocycles. The quantitative estimate of drug-likeness (QED) is 0.324. The standard InChI is InChI=1S/C30H34N8O5/c1-20(17-35-8-12-42-13-9-35)27(39)37-7-6-30(18-37)28(40)38(29(41)34-30)22-4-2-21(3-5-22)24-16-23-25(33-24)31-19-32-26(23)36-10-14-43-15-11-36/h2-5,16,19H,1,6-15,17-18H2,(H,34,41)(H,31,32,33). The molecule has 0 bridgehead atoms. The molecule has 6 heterocycles. The summed E-state index contributed by atoms with van der Waals surface area (Å²) < 4.78 is 10.9. The summed E-state index contributed by atoms with van der Waals surface area (Å²) in [6, 6.07) is 8.79. The smallest absolute Gasteiger partial charge is 0.329 e. The molecule has 3 aromatic rings. The summed E-state index contributed by atoms with van der Waals surface area (Å²) in [5, 5.41) is 3.81. The van der Waals surface area contributed by atoms with Gasteiger partial charge in [-0.1, -0.05) is 18.7 Å². The summed E-state index contributed by atoms with van der Waals surface area (Å²) in [5.74, 6) is 0.328. The van der Waals surface area contributed by atoms with Gasteiger partial charge in [0.25, 0.3) is 11.8 Å². The van der Waals surface area contributed by atoms with E-state index >= 15 is 0 Å². The molecule has 0 radical (unpaired) electrons. The Hall–Kier alpha value is -4.33. The minimum Gasteiger partial charge on any atom is -0.379 e. The highest BCUT2D eigenvalue weighted by Crippen LogP contribution is 2.34. The highest BCUT2D eigenvalue weighted by Gasteiger charge is 2.56. The molecule has 224 valence electrons. The van der Waals surface area contributed by atoms with Crippen molar-refractivity contribution in [3.05, 3.63) is 48.8 Å². The average Bonchev–Trinajstić information content (AvgIpc) is 3.73. The fourth-order valence-corrected chi connectivity index (χ4v) is 6.33. The number of ether oxygens (including phenoxy) is 2. The number of morpholine rings is 2. The van der Waals surface area contributed by atoms with Gasteiger partial charge in [0.15, 0.2) is 0 Å². The topological polar surface area (TPSA) is 136 Å². The zero-order valence-electron chi connectivity index (χ0n) is 23.9. The number of aromatic nitrogens is 3. The Morgan fingerprint density at radius 1 is 0.977 bits per heavy atom. The van der Waals surface area contributed by atoms with Crippen LogP contribution in [0.1, 0.15) is 6.42 Å². The van der Waals surface area contributed by atoms with Crippen molar-refractivity contribution >= 4 is 40.4 Å². The predicted octanol–water partition coefficient (Wildman–Crippen LogP) is 1.38. The molecule has 13 heteroatoms. The van der Waals surface area contributed by atoms with Gasteiger partial charge in [-0.25, -0.2) is 19.7 Å². The second kappa shape index (κ2) is 11.1. The van der Waals surface area contributed by atoms with Crippen LogP contribution in [0, 0.1) is 0 Å². The number of hydrogen-bond acceptors (Lipinski definition) is 9. The molecule has 1 spiro atoms. The molecule has 4 fully saturated rings. The third kappa shape index (κ3) is 5.02. The SMILES string of the molecule is C=C(CN1CCOCC1)C(=O)N1CCC2(C1)NC(=O)N(c1ccc(-c3cc4c(N5CCOCC5)ncnc4[nH]3)cc1)C2=O. The number of H-pyrrole nitrogens is 1. The van der Waals surface area contributed by atoms with Gasteiger partial charge in [-0.15, -0.1) is 0 Å². The average molecular weight is 587 g/mol. The van der Waals surface area contributed by atoms with Crippen LogP contribution in [0.2, 0.25) is 0 Å². The van der Waals surface area contributed by atoms with Crippen molar-refractivity contribution < 1.29 is 23.9 Å². The van der Waals surface area contributed by atoms with Crippen LogP contribution in [0.15, 0.2) is 48.8 Å². The van der Waals surface area contributed by atoms with Crippen molar-refractivity contribution in [2.45, 2.75) is 12.0 Å². The van der Waals surface area contributed by atoms with E-state index in [0.29, 0.717) is 57.2 Å². The van der Waals surface area contributed by atoms with E-state index in [0.717, 1.165) is 54.3 Å². The van der Waals surface area contributed by atoms with Gasteiger partial charge in [0.1, 0.15) is 23.3 Å². The number of imide groups is 1. The first-order valence-electron chi connectivity index (χ1n) is 14.6. The maximum absolute atomic E-state index is 13.7. The maximum Gasteiger partial charge on any atom is 0.329 e. The summed E-state index contributed by atoms with van der Waals surface area (Å²) in [7, 11) is 0. The number of carbonyl (C=O) groups is 3. The van der Waals surface area contributed by atoms with Gasteiger partial charge in [0.2, 0.25) is 0 Å². The van der Waals surface area contributed by atoms with Gasteiger partial charge < -0.3 is 29.6 Å². The zero-order valence-corrected chi connectivity index (χ0v) is 23.9. The summed E-state index contributed by atoms with van der Waals surface area (Å²) in [4.78, 5) is 59.4. The van der Waals surface area contributed by atoms with Crippen LogP contribution in [0.4, 0.5) is 16.3 Å². The number of fused-ring (bicyclic) bond motifs is 1. The van der Waals surface area contributed by atoms with Gasteiger partial charge in [-0.2, -0.15) is 0 Å². The zero-order chi connectivity index (χ0) is 29.6. The monoisotopic (exact) mass is 586 g/mol. The van der Waals surface area contributed by atoms with Crippen LogP contribution in [0.25, 0.3) is 22.3 Å². The van der Waals surface area contributed by atoms with Crippen molar-refractivity contribution in [1.29, 1.82) is 0 Å². The molecular weight excluding hydrogens is 552 g/mol. The fourth-order valence-electron chi connectivity index (χ4n) is 6.33. The normalized spacial score (nSPS) is 23.0. The number of hydrogen-bond donors (Lipinski definition) is 2. The van der Waals surface area contributed by atoms with Crippen LogP contribution in [0.5, 0.6) is 0 Å². The fraction of sp³-hybridized carbons (Fsp3) is 0.433. The van der Waals surface area contributed by atoms with E-state index in [1.165, 1.54) is 4.90 Å². The molecule has 0 saturated carbocycles. The third-order valence-corrected chi connectivity index (χ3v) is 8.69. The molecule has 1 aromatic carbocycles. The highest BCUT2D eigenvalue weighted by atomic mass is 16.5. The van der Waals surface area contributed by atoms with Crippen LogP contribution < -0.4 is 15.1 Å². The van der Waals surface area contributed by atoms with Crippen LogP contribution >= 0.6 is 0 Å². The first-order valence-corrected chi connectivity index (χ1v) is 14.6. The van der Waals surface area contributed by atoms with Crippen molar-refractivity contribution in [1.82, 2.24) is 30.1 Å². The molecule has 2 aromatic heterocycles. The lowest BCUT2D eigenvalue weighted by molar-refractivity contribution is -0.127. The lowest BCUT2D eigenvalue weighted by Crippen LogP contribution is -2.50. The summed E-state index contributed by atoms with van der Waals surface area (Å²) in [5.41, 5.74) is 2.27. The Morgan fingerprint density at radius 2 is 1.70 bits per heavy atom. The van der Waals surface area contributed by atoms with Crippen LogP contribution in [-0.4, -0.2) is 120 Å². The van der Waals surface area contributed by atoms with E-state index < -0.39 is 11.6 Å². The molecule has 13 nitrogen and oxygen atoms in total. The number of amides is 4. The van der Waals surface area contributed by atoms with Gasteiger partial charge in [0, 0.05) is 50.5 Å². The Morgan fingerprint density at radius 3 is 2.44 bits per heavy atom. The minimum atomic E-state index is -1.14. The molecule has 4 saturated heterocycles. The number of nitrogens with zero attached hydrogens (tertiary/aromatic N) is 6. The molecule has 7 rings (SSSR count). The van der Waals surface area contributed by atoms with Gasteiger partial charge >= 0.3 is 6.03 Å². The first-order chi connectivity index (χ1) is 20.9. The molecule has 1 atom stereocenters. The van der Waals surface area contributed by atoms with Crippen molar-refractivity contribution in [2.75, 3.05) is 82.0 Å². The number of nitrogens with one attached hydrogen (secondary N) is 2. The number of likely N-dealkylation sites (tertiary alicyclic amines) is 1. The number of aromatic amines is 1. The molecule has 2 N–H and O–H groups in total. The minimum absolute atomic E-state index is 0.120. The summed E-state index contributed by atoms with van der Waals surface area (Å²) >= 11 is 0. The van der Waals surface area contributed by atoms with E-state index in [9.17, 15) is 14.4 Å². The number of urea groups is 1. The molecule has 1 unspecified atom stereocenters. The summed E-state index contributed by atoms with van der Waals surface area (Å²) in [6.07, 6.45) is 1.91.